The number of carbonyl (C=O) groups excluding carboxylic acids is 1. The summed E-state index contributed by atoms with van der Waals surface area (Å²) in [5, 5.41) is 0. The van der Waals surface area contributed by atoms with Gasteiger partial charge in [0.25, 0.3) is 0 Å². The Balaban J connectivity index is 2.31. The fourth-order valence-corrected chi connectivity index (χ4v) is 2.31. The molecule has 23 heavy (non-hydrogen) atoms. The highest BCUT2D eigenvalue weighted by Crippen LogP contribution is 2.36. The lowest BCUT2D eigenvalue weighted by Gasteiger charge is -2.24. The summed E-state index contributed by atoms with van der Waals surface area (Å²) in [5.41, 5.74) is 18.0. The van der Waals surface area contributed by atoms with Crippen LogP contribution in [0.2, 0.25) is 0 Å². The summed E-state index contributed by atoms with van der Waals surface area (Å²) in [6, 6.07) is 5.44. The van der Waals surface area contributed by atoms with Crippen LogP contribution in [0.15, 0.2) is 28.2 Å². The molecular formula is C15H22N6O2. The second kappa shape index (κ2) is 6.15. The molecule has 0 atom stereocenters. The first-order valence-electron chi connectivity index (χ1n) is 7.23. The first-order valence-corrected chi connectivity index (χ1v) is 7.23. The molecule has 2 rings (SSSR count). The third kappa shape index (κ3) is 4.12. The first kappa shape index (κ1) is 16.6. The van der Waals surface area contributed by atoms with Gasteiger partial charge in [0.15, 0.2) is 5.96 Å². The minimum atomic E-state index is -0.548. The molecule has 6 N–H and O–H groups in total. The van der Waals surface area contributed by atoms with E-state index < -0.39 is 5.60 Å². The molecular weight excluding hydrogens is 296 g/mol. The van der Waals surface area contributed by atoms with Crippen LogP contribution in [0.1, 0.15) is 26.3 Å². The number of carbonyl (C=O) groups is 1. The molecule has 1 heterocycles. The predicted octanol–water partition coefficient (Wildman–Crippen LogP) is 1.20. The summed E-state index contributed by atoms with van der Waals surface area (Å²) < 4.78 is 5.42. The Morgan fingerprint density at radius 3 is 2.57 bits per heavy atom. The first-order chi connectivity index (χ1) is 10.7. The molecule has 0 saturated carbocycles. The van der Waals surface area contributed by atoms with Crippen LogP contribution in [0.3, 0.4) is 0 Å². The smallest absolute Gasteiger partial charge is 0.414 e. The second-order valence-electron chi connectivity index (χ2n) is 6.16. The summed E-state index contributed by atoms with van der Waals surface area (Å²) in [4.78, 5) is 21.8. The Bertz CT molecular complexity index is 671. The quantitative estimate of drug-likeness (QED) is 0.528. The Hall–Kier alpha value is -2.77. The molecule has 0 fully saturated rings. The van der Waals surface area contributed by atoms with Gasteiger partial charge in [0.05, 0.1) is 11.4 Å². The van der Waals surface area contributed by atoms with Crippen molar-refractivity contribution in [2.45, 2.75) is 32.8 Å². The van der Waals surface area contributed by atoms with Crippen LogP contribution in [-0.4, -0.2) is 30.2 Å². The van der Waals surface area contributed by atoms with Crippen molar-refractivity contribution >= 4 is 29.4 Å². The van der Waals surface area contributed by atoms with E-state index in [0.29, 0.717) is 18.7 Å². The van der Waals surface area contributed by atoms with Crippen molar-refractivity contribution in [1.29, 1.82) is 0 Å². The topological polar surface area (TPSA) is 132 Å². The minimum absolute atomic E-state index is 0.0332. The number of hydrogen-bond donors (Lipinski definition) is 3. The van der Waals surface area contributed by atoms with Crippen molar-refractivity contribution in [3.05, 3.63) is 23.8 Å². The molecule has 124 valence electrons. The lowest BCUT2D eigenvalue weighted by atomic mass is 10.1. The normalized spacial score (nSPS) is 14.4. The Morgan fingerprint density at radius 2 is 1.96 bits per heavy atom. The van der Waals surface area contributed by atoms with Gasteiger partial charge in [-0.25, -0.2) is 9.79 Å². The molecule has 0 aliphatic carbocycles. The van der Waals surface area contributed by atoms with Crippen LogP contribution in [0.4, 0.5) is 16.2 Å². The summed E-state index contributed by atoms with van der Waals surface area (Å²) in [5.74, 6) is -0.191. The molecule has 0 aromatic heterocycles. The van der Waals surface area contributed by atoms with Gasteiger partial charge < -0.3 is 21.9 Å². The predicted molar refractivity (Wildman–Crippen MR) is 90.8 cm³/mol. The van der Waals surface area contributed by atoms with Gasteiger partial charge in [-0.3, -0.25) is 4.90 Å². The van der Waals surface area contributed by atoms with Crippen LogP contribution in [-0.2, 0) is 11.2 Å². The summed E-state index contributed by atoms with van der Waals surface area (Å²) >= 11 is 0. The summed E-state index contributed by atoms with van der Waals surface area (Å²) in [6.45, 7) is 6.02. The van der Waals surface area contributed by atoms with Crippen molar-refractivity contribution < 1.29 is 9.53 Å². The maximum Gasteiger partial charge on any atom is 0.414 e. The zero-order chi connectivity index (χ0) is 17.2. The van der Waals surface area contributed by atoms with E-state index in [-0.39, 0.29) is 18.0 Å². The number of benzene rings is 1. The number of nitrogens with two attached hydrogens (primary N) is 3. The van der Waals surface area contributed by atoms with Gasteiger partial charge in [-0.05, 0) is 39.3 Å². The van der Waals surface area contributed by atoms with E-state index in [0.717, 1.165) is 11.3 Å². The highest BCUT2D eigenvalue weighted by atomic mass is 16.6. The number of aliphatic imine (C=N–C) groups is 2. The molecule has 0 saturated heterocycles. The van der Waals surface area contributed by atoms with Gasteiger partial charge in [0.1, 0.15) is 5.60 Å². The molecule has 1 aromatic rings. The standard InChI is InChI=1S/C15H22N6O2/c1-15(2,3)23-14(22)21-8-7-9-10(5-4-6-11(9)21)19-13(18)20-12(16)17/h4-6H,7-8H2,1-3H3,(H6,16,17,18,19,20). The van der Waals surface area contributed by atoms with Gasteiger partial charge >= 0.3 is 6.09 Å². The van der Waals surface area contributed by atoms with E-state index in [2.05, 4.69) is 9.98 Å². The lowest BCUT2D eigenvalue weighted by Crippen LogP contribution is -2.35. The van der Waals surface area contributed by atoms with Crippen molar-refractivity contribution in [2.24, 2.45) is 27.2 Å². The van der Waals surface area contributed by atoms with E-state index in [1.54, 1.807) is 17.0 Å². The number of fused-ring (bicyclic) bond motifs is 1. The van der Waals surface area contributed by atoms with Crippen molar-refractivity contribution in [1.82, 2.24) is 0 Å². The molecule has 1 aliphatic rings. The van der Waals surface area contributed by atoms with Crippen molar-refractivity contribution in [3.8, 4) is 0 Å². The fraction of sp³-hybridized carbons (Fsp3) is 0.400. The Morgan fingerprint density at radius 1 is 1.26 bits per heavy atom. The minimum Gasteiger partial charge on any atom is -0.443 e. The highest BCUT2D eigenvalue weighted by Gasteiger charge is 2.30. The maximum atomic E-state index is 12.3. The van der Waals surface area contributed by atoms with Gasteiger partial charge in [0.2, 0.25) is 5.96 Å². The third-order valence-corrected chi connectivity index (χ3v) is 3.10. The molecule has 1 aliphatic heterocycles. The number of ether oxygens (including phenoxy) is 1. The van der Waals surface area contributed by atoms with E-state index >= 15 is 0 Å². The number of hydrogen-bond acceptors (Lipinski definition) is 3. The van der Waals surface area contributed by atoms with Crippen molar-refractivity contribution in [3.63, 3.8) is 0 Å². The van der Waals surface area contributed by atoms with E-state index in [1.165, 1.54) is 0 Å². The molecule has 0 bridgehead atoms. The van der Waals surface area contributed by atoms with Crippen LogP contribution >= 0.6 is 0 Å². The molecule has 0 radical (unpaired) electrons. The average Bonchev–Trinajstić information content (AvgIpc) is 2.80. The number of nitrogens with zero attached hydrogens (tertiary/aromatic N) is 3. The number of guanidine groups is 2. The van der Waals surface area contributed by atoms with E-state index in [9.17, 15) is 4.79 Å². The maximum absolute atomic E-state index is 12.3. The van der Waals surface area contributed by atoms with Crippen LogP contribution in [0.5, 0.6) is 0 Å². The molecule has 0 unspecified atom stereocenters. The molecule has 1 amide bonds. The molecule has 8 nitrogen and oxygen atoms in total. The van der Waals surface area contributed by atoms with Crippen molar-refractivity contribution in [2.75, 3.05) is 11.4 Å². The zero-order valence-corrected chi connectivity index (χ0v) is 13.5. The van der Waals surface area contributed by atoms with Gasteiger partial charge in [-0.1, -0.05) is 6.07 Å². The highest BCUT2D eigenvalue weighted by molar-refractivity contribution is 5.95. The summed E-state index contributed by atoms with van der Waals surface area (Å²) in [7, 11) is 0. The molecule has 0 spiro atoms. The number of amides is 1. The van der Waals surface area contributed by atoms with Gasteiger partial charge in [-0.2, -0.15) is 4.99 Å². The van der Waals surface area contributed by atoms with E-state index in [4.69, 9.17) is 21.9 Å². The monoisotopic (exact) mass is 318 g/mol. The largest absolute Gasteiger partial charge is 0.443 e. The SMILES string of the molecule is CC(C)(C)OC(=O)N1CCc2c(N=C(N)N=C(N)N)cccc21. The number of anilines is 1. The Labute approximate surface area is 135 Å². The van der Waals surface area contributed by atoms with Crippen LogP contribution in [0.25, 0.3) is 0 Å². The molecule has 8 heteroatoms. The Kier molecular flexibility index (Phi) is 4.44. The summed E-state index contributed by atoms with van der Waals surface area (Å²) in [6.07, 6.45) is 0.276. The molecule has 1 aromatic carbocycles. The average molecular weight is 318 g/mol. The van der Waals surface area contributed by atoms with Gasteiger partial charge in [0, 0.05) is 12.1 Å². The zero-order valence-electron chi connectivity index (χ0n) is 13.5. The van der Waals surface area contributed by atoms with Crippen LogP contribution in [0, 0.1) is 0 Å². The lowest BCUT2D eigenvalue weighted by molar-refractivity contribution is 0.0584. The van der Waals surface area contributed by atoms with E-state index in [1.807, 2.05) is 26.8 Å². The van der Waals surface area contributed by atoms with Crippen LogP contribution < -0.4 is 22.1 Å². The van der Waals surface area contributed by atoms with Gasteiger partial charge in [-0.15, -0.1) is 0 Å². The second-order valence-corrected chi connectivity index (χ2v) is 6.16. The number of rotatable bonds is 1. The third-order valence-electron chi connectivity index (χ3n) is 3.10. The fourth-order valence-electron chi connectivity index (χ4n) is 2.31.